The lowest BCUT2D eigenvalue weighted by Gasteiger charge is -2.18. The van der Waals surface area contributed by atoms with Crippen molar-refractivity contribution < 1.29 is 5.11 Å². The molecule has 0 bridgehead atoms. The van der Waals surface area contributed by atoms with Gasteiger partial charge in [-0.2, -0.15) is 11.8 Å². The molecule has 2 atom stereocenters. The van der Waals surface area contributed by atoms with Crippen molar-refractivity contribution in [2.75, 3.05) is 19.4 Å². The summed E-state index contributed by atoms with van der Waals surface area (Å²) in [7, 11) is 1.98. The average Bonchev–Trinajstić information content (AvgIpc) is 2.31. The van der Waals surface area contributed by atoms with Crippen molar-refractivity contribution in [3.05, 3.63) is 35.4 Å². The average molecular weight is 239 g/mol. The Morgan fingerprint density at radius 3 is 2.44 bits per heavy atom. The van der Waals surface area contributed by atoms with E-state index >= 15 is 0 Å². The van der Waals surface area contributed by atoms with Gasteiger partial charge in [-0.05, 0) is 19.5 Å². The standard InChI is InChI=1S/C13H21NOS/c1-10-4-6-12(7-5-10)13(14-3)9-16-11(2)8-15/h4-7,11,13-15H,8-9H2,1-3H3. The van der Waals surface area contributed by atoms with E-state index in [1.165, 1.54) is 11.1 Å². The van der Waals surface area contributed by atoms with Gasteiger partial charge in [-0.3, -0.25) is 0 Å². The highest BCUT2D eigenvalue weighted by atomic mass is 32.2. The summed E-state index contributed by atoms with van der Waals surface area (Å²) in [5.41, 5.74) is 2.60. The van der Waals surface area contributed by atoms with E-state index in [2.05, 4.69) is 36.5 Å². The van der Waals surface area contributed by atoms with Gasteiger partial charge in [0.2, 0.25) is 0 Å². The van der Waals surface area contributed by atoms with Crippen LogP contribution >= 0.6 is 11.8 Å². The molecule has 16 heavy (non-hydrogen) atoms. The summed E-state index contributed by atoms with van der Waals surface area (Å²) in [4.78, 5) is 0. The first-order valence-corrected chi connectivity index (χ1v) is 6.68. The first kappa shape index (κ1) is 13.6. The SMILES string of the molecule is CNC(CSC(C)CO)c1ccc(C)cc1. The summed E-state index contributed by atoms with van der Waals surface area (Å²) < 4.78 is 0. The summed E-state index contributed by atoms with van der Waals surface area (Å²) in [6, 6.07) is 8.97. The van der Waals surface area contributed by atoms with E-state index in [0.717, 1.165) is 5.75 Å². The Morgan fingerprint density at radius 2 is 1.94 bits per heavy atom. The van der Waals surface area contributed by atoms with Gasteiger partial charge < -0.3 is 10.4 Å². The molecule has 2 unspecified atom stereocenters. The fourth-order valence-electron chi connectivity index (χ4n) is 1.46. The van der Waals surface area contributed by atoms with Gasteiger partial charge in [-0.25, -0.2) is 0 Å². The van der Waals surface area contributed by atoms with Crippen molar-refractivity contribution in [1.82, 2.24) is 5.32 Å². The highest BCUT2D eigenvalue weighted by Gasteiger charge is 2.10. The Bertz CT molecular complexity index is 299. The molecule has 0 amide bonds. The predicted octanol–water partition coefficient (Wildman–Crippen LogP) is 2.37. The molecular formula is C13H21NOS. The van der Waals surface area contributed by atoms with E-state index < -0.39 is 0 Å². The second-order valence-electron chi connectivity index (χ2n) is 4.08. The number of aliphatic hydroxyl groups is 1. The quantitative estimate of drug-likeness (QED) is 0.799. The van der Waals surface area contributed by atoms with Crippen molar-refractivity contribution in [2.45, 2.75) is 25.1 Å². The van der Waals surface area contributed by atoms with Crippen LogP contribution in [0.3, 0.4) is 0 Å². The molecule has 1 aromatic carbocycles. The molecule has 0 heterocycles. The number of thioether (sulfide) groups is 1. The van der Waals surface area contributed by atoms with Crippen molar-refractivity contribution in [3.63, 3.8) is 0 Å². The number of aryl methyl sites for hydroxylation is 1. The van der Waals surface area contributed by atoms with E-state index in [1.807, 2.05) is 14.0 Å². The number of rotatable bonds is 6. The van der Waals surface area contributed by atoms with E-state index in [1.54, 1.807) is 11.8 Å². The minimum atomic E-state index is 0.245. The topological polar surface area (TPSA) is 32.3 Å². The first-order chi connectivity index (χ1) is 7.67. The van der Waals surface area contributed by atoms with Crippen molar-refractivity contribution in [1.29, 1.82) is 0 Å². The van der Waals surface area contributed by atoms with Crippen LogP contribution in [0.2, 0.25) is 0 Å². The van der Waals surface area contributed by atoms with Crippen molar-refractivity contribution in [3.8, 4) is 0 Å². The van der Waals surface area contributed by atoms with Gasteiger partial charge in [-0.1, -0.05) is 36.8 Å². The van der Waals surface area contributed by atoms with E-state index in [4.69, 9.17) is 5.11 Å². The van der Waals surface area contributed by atoms with Gasteiger partial charge in [0, 0.05) is 17.0 Å². The molecule has 1 rings (SSSR count). The molecule has 0 saturated heterocycles. The van der Waals surface area contributed by atoms with Gasteiger partial charge in [-0.15, -0.1) is 0 Å². The maximum atomic E-state index is 8.99. The molecule has 0 saturated carbocycles. The summed E-state index contributed by atoms with van der Waals surface area (Å²) in [5.74, 6) is 0.987. The van der Waals surface area contributed by atoms with Crippen LogP contribution < -0.4 is 5.32 Å². The molecule has 0 aliphatic carbocycles. The van der Waals surface area contributed by atoms with Crippen LogP contribution in [0.15, 0.2) is 24.3 Å². The van der Waals surface area contributed by atoms with Crippen LogP contribution in [0.5, 0.6) is 0 Å². The fraction of sp³-hybridized carbons (Fsp3) is 0.538. The van der Waals surface area contributed by atoms with E-state index in [9.17, 15) is 0 Å². The van der Waals surface area contributed by atoms with Crippen LogP contribution in [0, 0.1) is 6.92 Å². The molecule has 0 aromatic heterocycles. The Kier molecular flexibility index (Phi) is 5.88. The largest absolute Gasteiger partial charge is 0.395 e. The highest BCUT2D eigenvalue weighted by Crippen LogP contribution is 2.21. The highest BCUT2D eigenvalue weighted by molar-refractivity contribution is 7.99. The smallest absolute Gasteiger partial charge is 0.0547 e. The third kappa shape index (κ3) is 4.16. The van der Waals surface area contributed by atoms with Crippen LogP contribution in [-0.2, 0) is 0 Å². The van der Waals surface area contributed by atoms with Gasteiger partial charge in [0.1, 0.15) is 0 Å². The molecular weight excluding hydrogens is 218 g/mol. The molecule has 0 spiro atoms. The molecule has 0 aliphatic heterocycles. The Morgan fingerprint density at radius 1 is 1.31 bits per heavy atom. The molecule has 1 aromatic rings. The minimum Gasteiger partial charge on any atom is -0.395 e. The molecule has 0 fully saturated rings. The normalized spacial score (nSPS) is 14.8. The van der Waals surface area contributed by atoms with Crippen LogP contribution in [0.1, 0.15) is 24.1 Å². The third-order valence-electron chi connectivity index (χ3n) is 2.63. The fourth-order valence-corrected chi connectivity index (χ4v) is 2.44. The van der Waals surface area contributed by atoms with Crippen LogP contribution in [0.25, 0.3) is 0 Å². The third-order valence-corrected chi connectivity index (χ3v) is 3.88. The summed E-state index contributed by atoms with van der Waals surface area (Å²) >= 11 is 1.80. The first-order valence-electron chi connectivity index (χ1n) is 5.63. The minimum absolute atomic E-state index is 0.245. The Labute approximate surface area is 102 Å². The predicted molar refractivity (Wildman–Crippen MR) is 72.0 cm³/mol. The molecule has 2 nitrogen and oxygen atoms in total. The van der Waals surface area contributed by atoms with Gasteiger partial charge in [0.15, 0.2) is 0 Å². The lowest BCUT2D eigenvalue weighted by Crippen LogP contribution is -2.20. The zero-order chi connectivity index (χ0) is 12.0. The zero-order valence-corrected chi connectivity index (χ0v) is 11.1. The van der Waals surface area contributed by atoms with Gasteiger partial charge >= 0.3 is 0 Å². The van der Waals surface area contributed by atoms with Gasteiger partial charge in [0.25, 0.3) is 0 Å². The monoisotopic (exact) mass is 239 g/mol. The Balaban J connectivity index is 2.57. The number of aliphatic hydroxyl groups excluding tert-OH is 1. The number of hydrogen-bond donors (Lipinski definition) is 2. The van der Waals surface area contributed by atoms with Crippen molar-refractivity contribution >= 4 is 11.8 Å². The van der Waals surface area contributed by atoms with Crippen LogP contribution in [0.4, 0.5) is 0 Å². The lowest BCUT2D eigenvalue weighted by atomic mass is 10.1. The number of benzene rings is 1. The molecule has 3 heteroatoms. The second kappa shape index (κ2) is 6.94. The zero-order valence-electron chi connectivity index (χ0n) is 10.2. The van der Waals surface area contributed by atoms with Gasteiger partial charge in [0.05, 0.1) is 6.61 Å². The molecule has 90 valence electrons. The number of nitrogens with one attached hydrogen (secondary N) is 1. The second-order valence-corrected chi connectivity index (χ2v) is 5.55. The van der Waals surface area contributed by atoms with Crippen LogP contribution in [-0.4, -0.2) is 29.8 Å². The van der Waals surface area contributed by atoms with E-state index in [0.29, 0.717) is 11.3 Å². The maximum Gasteiger partial charge on any atom is 0.0547 e. The Hall–Kier alpha value is -0.510. The van der Waals surface area contributed by atoms with Crippen molar-refractivity contribution in [2.24, 2.45) is 0 Å². The van der Waals surface area contributed by atoms with E-state index in [-0.39, 0.29) is 6.61 Å². The molecule has 2 N–H and O–H groups in total. The summed E-state index contributed by atoms with van der Waals surface area (Å²) in [6.07, 6.45) is 0. The lowest BCUT2D eigenvalue weighted by molar-refractivity contribution is 0.300. The maximum absolute atomic E-state index is 8.99. The summed E-state index contributed by atoms with van der Waals surface area (Å²) in [6.45, 7) is 4.39. The number of hydrogen-bond acceptors (Lipinski definition) is 3. The molecule has 0 radical (unpaired) electrons. The summed E-state index contributed by atoms with van der Waals surface area (Å²) in [5, 5.41) is 12.6. The molecule has 0 aliphatic rings.